The fourth-order valence-corrected chi connectivity index (χ4v) is 3.30. The standard InChI is InChI=1S/C21H33N3O/c1-16-9-11-17(12-10-16)21(5,6)13-7-8-18(19(25)20(2,3)4)24-15-22-14-23-24/h9-12,14-15,18-19,25H,7-8,13H2,1-6H3. The van der Waals surface area contributed by atoms with Crippen molar-refractivity contribution in [3.05, 3.63) is 48.0 Å². The highest BCUT2D eigenvalue weighted by atomic mass is 16.3. The summed E-state index contributed by atoms with van der Waals surface area (Å²) in [5, 5.41) is 15.1. The summed E-state index contributed by atoms with van der Waals surface area (Å²) in [6, 6.07) is 8.77. The van der Waals surface area contributed by atoms with E-state index in [1.165, 1.54) is 11.1 Å². The minimum absolute atomic E-state index is 0.0451. The van der Waals surface area contributed by atoms with Gasteiger partial charge in [-0.25, -0.2) is 9.67 Å². The third kappa shape index (κ3) is 5.15. The number of benzene rings is 1. The first-order valence-electron chi connectivity index (χ1n) is 9.20. The first-order chi connectivity index (χ1) is 11.6. The number of aryl methyl sites for hydroxylation is 1. The van der Waals surface area contributed by atoms with Crippen LogP contribution in [0, 0.1) is 12.3 Å². The summed E-state index contributed by atoms with van der Waals surface area (Å²) in [7, 11) is 0. The molecule has 0 radical (unpaired) electrons. The Morgan fingerprint density at radius 2 is 1.72 bits per heavy atom. The van der Waals surface area contributed by atoms with E-state index in [1.54, 1.807) is 12.7 Å². The predicted molar refractivity (Wildman–Crippen MR) is 103 cm³/mol. The van der Waals surface area contributed by atoms with Crippen LogP contribution in [-0.4, -0.2) is 26.0 Å². The predicted octanol–water partition coefficient (Wildman–Crippen LogP) is 4.68. The van der Waals surface area contributed by atoms with Gasteiger partial charge in [0, 0.05) is 0 Å². The molecular formula is C21H33N3O. The molecule has 2 aromatic rings. The molecule has 25 heavy (non-hydrogen) atoms. The van der Waals surface area contributed by atoms with Crippen LogP contribution in [0.5, 0.6) is 0 Å². The third-order valence-electron chi connectivity index (χ3n) is 5.16. The van der Waals surface area contributed by atoms with E-state index >= 15 is 0 Å². The molecule has 0 aliphatic heterocycles. The molecule has 0 aliphatic rings. The van der Waals surface area contributed by atoms with E-state index in [9.17, 15) is 5.11 Å². The van der Waals surface area contributed by atoms with Crippen LogP contribution in [0.4, 0.5) is 0 Å². The maximum absolute atomic E-state index is 10.8. The molecule has 1 aromatic heterocycles. The number of rotatable bonds is 7. The number of aromatic nitrogens is 3. The topological polar surface area (TPSA) is 50.9 Å². The van der Waals surface area contributed by atoms with Gasteiger partial charge in [0.1, 0.15) is 12.7 Å². The SMILES string of the molecule is Cc1ccc(C(C)(C)CCCC(C(O)C(C)(C)C)n2cncn2)cc1. The normalized spacial score (nSPS) is 15.2. The first kappa shape index (κ1) is 19.6. The van der Waals surface area contributed by atoms with Gasteiger partial charge in [0.25, 0.3) is 0 Å². The Kier molecular flexibility index (Phi) is 6.04. The molecule has 1 aromatic carbocycles. The van der Waals surface area contributed by atoms with E-state index in [0.717, 1.165) is 19.3 Å². The Hall–Kier alpha value is -1.68. The zero-order chi connectivity index (χ0) is 18.7. The van der Waals surface area contributed by atoms with Crippen molar-refractivity contribution in [1.29, 1.82) is 0 Å². The molecule has 4 heteroatoms. The van der Waals surface area contributed by atoms with Crippen LogP contribution in [0.3, 0.4) is 0 Å². The van der Waals surface area contributed by atoms with E-state index in [-0.39, 0.29) is 16.9 Å². The Balaban J connectivity index is 2.04. The molecule has 0 amide bonds. The lowest BCUT2D eigenvalue weighted by Crippen LogP contribution is -2.36. The molecule has 0 saturated heterocycles. The fourth-order valence-electron chi connectivity index (χ4n) is 3.30. The van der Waals surface area contributed by atoms with Crippen LogP contribution in [0.1, 0.15) is 71.0 Å². The van der Waals surface area contributed by atoms with E-state index in [1.807, 2.05) is 4.68 Å². The highest BCUT2D eigenvalue weighted by molar-refractivity contribution is 5.27. The van der Waals surface area contributed by atoms with Gasteiger partial charge in [-0.2, -0.15) is 5.10 Å². The van der Waals surface area contributed by atoms with Crippen LogP contribution in [0.2, 0.25) is 0 Å². The minimum atomic E-state index is -0.461. The number of nitrogens with zero attached hydrogens (tertiary/aromatic N) is 3. The first-order valence-corrected chi connectivity index (χ1v) is 9.20. The summed E-state index contributed by atoms with van der Waals surface area (Å²) in [5.74, 6) is 0. The van der Waals surface area contributed by atoms with Crippen LogP contribution in [0.15, 0.2) is 36.9 Å². The van der Waals surface area contributed by atoms with Crippen LogP contribution in [0.25, 0.3) is 0 Å². The lowest BCUT2D eigenvalue weighted by atomic mass is 9.78. The summed E-state index contributed by atoms with van der Waals surface area (Å²) < 4.78 is 1.81. The van der Waals surface area contributed by atoms with E-state index in [2.05, 4.69) is 75.9 Å². The summed E-state index contributed by atoms with van der Waals surface area (Å²) in [6.07, 6.45) is 5.77. The van der Waals surface area contributed by atoms with Gasteiger partial charge in [-0.05, 0) is 36.2 Å². The van der Waals surface area contributed by atoms with E-state index in [0.29, 0.717) is 0 Å². The highest BCUT2D eigenvalue weighted by Crippen LogP contribution is 2.34. The quantitative estimate of drug-likeness (QED) is 0.794. The molecule has 1 N–H and O–H groups in total. The fraction of sp³-hybridized carbons (Fsp3) is 0.619. The molecule has 0 saturated carbocycles. The molecule has 0 aliphatic carbocycles. The Bertz CT molecular complexity index is 639. The van der Waals surface area contributed by atoms with Crippen molar-refractivity contribution in [3.8, 4) is 0 Å². The summed E-state index contributed by atoms with van der Waals surface area (Å²) in [6.45, 7) is 12.9. The van der Waals surface area contributed by atoms with Gasteiger partial charge in [0.2, 0.25) is 0 Å². The maximum atomic E-state index is 10.8. The molecule has 2 atom stereocenters. The second kappa shape index (κ2) is 7.69. The van der Waals surface area contributed by atoms with Gasteiger partial charge in [-0.15, -0.1) is 0 Å². The number of aliphatic hydroxyl groups is 1. The lowest BCUT2D eigenvalue weighted by Gasteiger charge is -2.34. The summed E-state index contributed by atoms with van der Waals surface area (Å²) >= 11 is 0. The van der Waals surface area contributed by atoms with Crippen molar-refractivity contribution in [3.63, 3.8) is 0 Å². The molecule has 2 rings (SSSR count). The zero-order valence-electron chi connectivity index (χ0n) is 16.5. The Morgan fingerprint density at radius 1 is 1.08 bits per heavy atom. The van der Waals surface area contributed by atoms with Gasteiger partial charge < -0.3 is 5.11 Å². The molecule has 0 bridgehead atoms. The van der Waals surface area contributed by atoms with Crippen molar-refractivity contribution in [2.75, 3.05) is 0 Å². The molecule has 138 valence electrons. The highest BCUT2D eigenvalue weighted by Gasteiger charge is 2.32. The minimum Gasteiger partial charge on any atom is -0.390 e. The zero-order valence-corrected chi connectivity index (χ0v) is 16.5. The van der Waals surface area contributed by atoms with Crippen LogP contribution in [-0.2, 0) is 5.41 Å². The summed E-state index contributed by atoms with van der Waals surface area (Å²) in [5.41, 5.74) is 2.59. The summed E-state index contributed by atoms with van der Waals surface area (Å²) in [4.78, 5) is 4.06. The average molecular weight is 344 g/mol. The number of hydrogen-bond acceptors (Lipinski definition) is 3. The van der Waals surface area contributed by atoms with Gasteiger partial charge in [-0.1, -0.05) is 70.9 Å². The van der Waals surface area contributed by atoms with Crippen molar-refractivity contribution in [2.24, 2.45) is 5.41 Å². The third-order valence-corrected chi connectivity index (χ3v) is 5.16. The number of aliphatic hydroxyl groups excluding tert-OH is 1. The average Bonchev–Trinajstić information content (AvgIpc) is 3.04. The van der Waals surface area contributed by atoms with Gasteiger partial charge in [0.05, 0.1) is 12.1 Å². The smallest absolute Gasteiger partial charge is 0.137 e. The van der Waals surface area contributed by atoms with Crippen molar-refractivity contribution in [1.82, 2.24) is 14.8 Å². The molecule has 4 nitrogen and oxygen atoms in total. The second-order valence-electron chi connectivity index (χ2n) is 8.90. The van der Waals surface area contributed by atoms with Gasteiger partial charge in [0.15, 0.2) is 0 Å². The monoisotopic (exact) mass is 343 g/mol. The van der Waals surface area contributed by atoms with E-state index < -0.39 is 6.10 Å². The lowest BCUT2D eigenvalue weighted by molar-refractivity contribution is 0.00807. The van der Waals surface area contributed by atoms with Crippen LogP contribution >= 0.6 is 0 Å². The molecule has 1 heterocycles. The number of hydrogen-bond donors (Lipinski definition) is 1. The van der Waals surface area contributed by atoms with Gasteiger partial charge >= 0.3 is 0 Å². The maximum Gasteiger partial charge on any atom is 0.137 e. The Labute approximate surface area is 152 Å². The van der Waals surface area contributed by atoms with Gasteiger partial charge in [-0.3, -0.25) is 0 Å². The molecular weight excluding hydrogens is 310 g/mol. The van der Waals surface area contributed by atoms with E-state index in [4.69, 9.17) is 0 Å². The van der Waals surface area contributed by atoms with Crippen LogP contribution < -0.4 is 0 Å². The van der Waals surface area contributed by atoms with Crippen molar-refractivity contribution in [2.45, 2.75) is 78.4 Å². The van der Waals surface area contributed by atoms with Crippen molar-refractivity contribution >= 4 is 0 Å². The molecule has 0 spiro atoms. The van der Waals surface area contributed by atoms with Crippen molar-refractivity contribution < 1.29 is 5.11 Å². The molecule has 0 fully saturated rings. The Morgan fingerprint density at radius 3 is 2.24 bits per heavy atom. The second-order valence-corrected chi connectivity index (χ2v) is 8.90. The largest absolute Gasteiger partial charge is 0.390 e. The molecule has 2 unspecified atom stereocenters.